The van der Waals surface area contributed by atoms with E-state index >= 15 is 0 Å². The Kier molecular flexibility index (Phi) is 3.44. The van der Waals surface area contributed by atoms with Crippen molar-refractivity contribution < 1.29 is 4.39 Å². The summed E-state index contributed by atoms with van der Waals surface area (Å²) in [6, 6.07) is 5.10. The minimum absolute atomic E-state index is 0.000432. The Labute approximate surface area is 110 Å². The lowest BCUT2D eigenvalue weighted by atomic mass is 10.3. The number of aromatic nitrogens is 2. The van der Waals surface area contributed by atoms with Crippen molar-refractivity contribution in [2.45, 2.75) is 0 Å². The van der Waals surface area contributed by atoms with E-state index in [0.29, 0.717) is 10.7 Å². The minimum Gasteiger partial charge on any atom is -0.368 e. The van der Waals surface area contributed by atoms with E-state index in [9.17, 15) is 4.39 Å². The highest BCUT2D eigenvalue weighted by atomic mass is 79.9. The molecule has 0 atom stereocenters. The molecule has 0 unspecified atom stereocenters. The van der Waals surface area contributed by atoms with Crippen molar-refractivity contribution in [2.75, 3.05) is 11.1 Å². The second kappa shape index (κ2) is 4.85. The van der Waals surface area contributed by atoms with Crippen LogP contribution in [0.25, 0.3) is 0 Å². The molecule has 0 fully saturated rings. The van der Waals surface area contributed by atoms with Gasteiger partial charge in [0.05, 0.1) is 11.9 Å². The molecule has 1 aromatic carbocycles. The van der Waals surface area contributed by atoms with Crippen LogP contribution in [0, 0.1) is 5.82 Å². The summed E-state index contributed by atoms with van der Waals surface area (Å²) in [4.78, 5) is 7.29. The molecule has 0 spiro atoms. The predicted octanol–water partition coefficient (Wildman–Crippen LogP) is 3.36. The fourth-order valence-corrected chi connectivity index (χ4v) is 1.71. The van der Waals surface area contributed by atoms with E-state index in [4.69, 9.17) is 17.3 Å². The number of nitrogens with one attached hydrogen (secondary N) is 1. The van der Waals surface area contributed by atoms with Crippen LogP contribution in [0.5, 0.6) is 0 Å². The van der Waals surface area contributed by atoms with Gasteiger partial charge in [0.2, 0.25) is 5.95 Å². The van der Waals surface area contributed by atoms with Gasteiger partial charge in [-0.3, -0.25) is 0 Å². The van der Waals surface area contributed by atoms with Gasteiger partial charge in [0, 0.05) is 9.50 Å². The van der Waals surface area contributed by atoms with Crippen LogP contribution in [0.15, 0.2) is 28.9 Å². The van der Waals surface area contributed by atoms with Gasteiger partial charge in [0.1, 0.15) is 0 Å². The van der Waals surface area contributed by atoms with E-state index in [1.54, 1.807) is 18.2 Å². The number of rotatable bonds is 2. The van der Waals surface area contributed by atoms with Crippen LogP contribution in [-0.2, 0) is 0 Å². The number of benzene rings is 1. The molecule has 88 valence electrons. The molecule has 0 aliphatic rings. The van der Waals surface area contributed by atoms with Crippen molar-refractivity contribution in [1.29, 1.82) is 0 Å². The molecule has 2 aromatic rings. The molecular formula is C10H7BrClFN4. The number of nitrogens with two attached hydrogens (primary N) is 1. The fraction of sp³-hybridized carbons (Fsp3) is 0. The average molecular weight is 318 g/mol. The second-order valence-corrected chi connectivity index (χ2v) is 4.46. The number of hydrogen-bond donors (Lipinski definition) is 2. The summed E-state index contributed by atoms with van der Waals surface area (Å²) in [5.74, 6) is -0.599. The molecule has 1 aromatic heterocycles. The van der Waals surface area contributed by atoms with Crippen molar-refractivity contribution >= 4 is 45.0 Å². The SMILES string of the molecule is Nc1ncc(F)c(Nc2cc(Cl)ccc2Br)n1. The summed E-state index contributed by atoms with van der Waals surface area (Å²) in [5, 5.41) is 3.31. The monoisotopic (exact) mass is 316 g/mol. The molecule has 0 radical (unpaired) electrons. The Balaban J connectivity index is 2.37. The zero-order valence-corrected chi connectivity index (χ0v) is 10.8. The third kappa shape index (κ3) is 2.83. The summed E-state index contributed by atoms with van der Waals surface area (Å²) in [6.07, 6.45) is 1.00. The zero-order valence-electron chi connectivity index (χ0n) is 8.42. The first-order valence-corrected chi connectivity index (χ1v) is 5.73. The Morgan fingerprint density at radius 2 is 2.18 bits per heavy atom. The van der Waals surface area contributed by atoms with Crippen LogP contribution in [0.2, 0.25) is 5.02 Å². The molecule has 2 rings (SSSR count). The molecular weight excluding hydrogens is 310 g/mol. The van der Waals surface area contributed by atoms with Gasteiger partial charge in [0.25, 0.3) is 0 Å². The quantitative estimate of drug-likeness (QED) is 0.891. The van der Waals surface area contributed by atoms with Gasteiger partial charge in [-0.25, -0.2) is 9.37 Å². The van der Waals surface area contributed by atoms with Crippen LogP contribution in [0.3, 0.4) is 0 Å². The lowest BCUT2D eigenvalue weighted by Crippen LogP contribution is -2.02. The van der Waals surface area contributed by atoms with Crippen molar-refractivity contribution in [3.05, 3.63) is 39.7 Å². The lowest BCUT2D eigenvalue weighted by Gasteiger charge is -2.09. The van der Waals surface area contributed by atoms with Crippen LogP contribution < -0.4 is 11.1 Å². The Morgan fingerprint density at radius 1 is 1.41 bits per heavy atom. The highest BCUT2D eigenvalue weighted by molar-refractivity contribution is 9.10. The Morgan fingerprint density at radius 3 is 2.94 bits per heavy atom. The van der Waals surface area contributed by atoms with E-state index in [1.807, 2.05) is 0 Å². The standard InChI is InChI=1S/C10H7BrClFN4/c11-6-2-1-5(12)3-8(6)16-9-7(13)4-15-10(14)17-9/h1-4H,(H3,14,15,16,17). The molecule has 0 aliphatic heterocycles. The highest BCUT2D eigenvalue weighted by Gasteiger charge is 2.08. The van der Waals surface area contributed by atoms with E-state index < -0.39 is 5.82 Å². The molecule has 7 heteroatoms. The maximum Gasteiger partial charge on any atom is 0.222 e. The first-order chi connectivity index (χ1) is 8.06. The van der Waals surface area contributed by atoms with Crippen molar-refractivity contribution in [3.63, 3.8) is 0 Å². The number of nitrogens with zero attached hydrogens (tertiary/aromatic N) is 2. The van der Waals surface area contributed by atoms with Crippen molar-refractivity contribution in [1.82, 2.24) is 9.97 Å². The van der Waals surface area contributed by atoms with E-state index in [-0.39, 0.29) is 11.8 Å². The Hall–Kier alpha value is -1.40. The number of anilines is 3. The summed E-state index contributed by atoms with van der Waals surface area (Å²) in [6.45, 7) is 0. The van der Waals surface area contributed by atoms with Crippen LogP contribution in [0.1, 0.15) is 0 Å². The molecule has 4 nitrogen and oxygen atoms in total. The third-order valence-corrected chi connectivity index (χ3v) is 2.87. The topological polar surface area (TPSA) is 63.8 Å². The molecule has 0 bridgehead atoms. The lowest BCUT2D eigenvalue weighted by molar-refractivity contribution is 0.620. The van der Waals surface area contributed by atoms with Gasteiger partial charge in [-0.05, 0) is 34.1 Å². The van der Waals surface area contributed by atoms with Gasteiger partial charge in [-0.2, -0.15) is 4.98 Å². The third-order valence-electron chi connectivity index (χ3n) is 1.94. The van der Waals surface area contributed by atoms with Gasteiger partial charge in [-0.1, -0.05) is 11.6 Å². The minimum atomic E-state index is -0.592. The summed E-state index contributed by atoms with van der Waals surface area (Å²) in [7, 11) is 0. The highest BCUT2D eigenvalue weighted by Crippen LogP contribution is 2.28. The first-order valence-electron chi connectivity index (χ1n) is 4.56. The number of nitrogen functional groups attached to an aromatic ring is 1. The molecule has 0 saturated carbocycles. The van der Waals surface area contributed by atoms with Gasteiger partial charge >= 0.3 is 0 Å². The zero-order chi connectivity index (χ0) is 12.4. The summed E-state index contributed by atoms with van der Waals surface area (Å²) < 4.78 is 14.1. The van der Waals surface area contributed by atoms with Gasteiger partial charge < -0.3 is 11.1 Å². The molecule has 0 saturated heterocycles. The predicted molar refractivity (Wildman–Crippen MR) is 68.8 cm³/mol. The van der Waals surface area contributed by atoms with Gasteiger partial charge in [-0.15, -0.1) is 0 Å². The van der Waals surface area contributed by atoms with Crippen LogP contribution >= 0.6 is 27.5 Å². The smallest absolute Gasteiger partial charge is 0.222 e. The normalized spacial score (nSPS) is 10.3. The molecule has 0 aliphatic carbocycles. The number of halogens is 3. The van der Waals surface area contributed by atoms with E-state index in [2.05, 4.69) is 31.2 Å². The molecule has 17 heavy (non-hydrogen) atoms. The summed E-state index contributed by atoms with van der Waals surface area (Å²) in [5.41, 5.74) is 5.97. The maximum atomic E-state index is 13.4. The largest absolute Gasteiger partial charge is 0.368 e. The molecule has 3 N–H and O–H groups in total. The van der Waals surface area contributed by atoms with Crippen molar-refractivity contribution in [2.24, 2.45) is 0 Å². The molecule has 0 amide bonds. The van der Waals surface area contributed by atoms with Crippen molar-refractivity contribution in [3.8, 4) is 0 Å². The van der Waals surface area contributed by atoms with Crippen LogP contribution in [-0.4, -0.2) is 9.97 Å². The number of hydrogen-bond acceptors (Lipinski definition) is 4. The first kappa shape index (κ1) is 12.1. The van der Waals surface area contributed by atoms with E-state index in [0.717, 1.165) is 10.7 Å². The van der Waals surface area contributed by atoms with Gasteiger partial charge in [0.15, 0.2) is 11.6 Å². The Bertz CT molecular complexity index is 514. The van der Waals surface area contributed by atoms with E-state index in [1.165, 1.54) is 0 Å². The summed E-state index contributed by atoms with van der Waals surface area (Å²) >= 11 is 9.15. The molecule has 1 heterocycles. The maximum absolute atomic E-state index is 13.4. The average Bonchev–Trinajstić information content (AvgIpc) is 2.28. The second-order valence-electron chi connectivity index (χ2n) is 3.17. The fourth-order valence-electron chi connectivity index (χ4n) is 1.19. The van der Waals surface area contributed by atoms with Crippen LogP contribution in [0.4, 0.5) is 21.8 Å².